The van der Waals surface area contributed by atoms with Gasteiger partial charge in [0.1, 0.15) is 0 Å². The van der Waals surface area contributed by atoms with Gasteiger partial charge in [0.2, 0.25) is 0 Å². The summed E-state index contributed by atoms with van der Waals surface area (Å²) in [6, 6.07) is 7.43. The lowest BCUT2D eigenvalue weighted by Gasteiger charge is -2.32. The van der Waals surface area contributed by atoms with Gasteiger partial charge < -0.3 is 10.2 Å². The van der Waals surface area contributed by atoms with Crippen molar-refractivity contribution in [1.82, 2.24) is 10.2 Å². The molecule has 0 saturated carbocycles. The molecule has 1 aliphatic heterocycles. The van der Waals surface area contributed by atoms with Crippen LogP contribution < -0.4 is 5.32 Å². The van der Waals surface area contributed by atoms with Crippen molar-refractivity contribution in [3.63, 3.8) is 0 Å². The first-order valence-corrected chi connectivity index (χ1v) is 7.26. The molecule has 1 unspecified atom stereocenters. The van der Waals surface area contributed by atoms with E-state index in [1.54, 1.807) is 0 Å². The molecule has 1 N–H and O–H groups in total. The molecule has 0 aliphatic carbocycles. The molecule has 0 aromatic heterocycles. The summed E-state index contributed by atoms with van der Waals surface area (Å²) >= 11 is 1.97. The van der Waals surface area contributed by atoms with E-state index in [0.717, 1.165) is 19.6 Å². The van der Waals surface area contributed by atoms with Crippen LogP contribution in [0.25, 0.3) is 0 Å². The van der Waals surface area contributed by atoms with Gasteiger partial charge in [0.05, 0.1) is 0 Å². The molecule has 1 heterocycles. The molecule has 17 heavy (non-hydrogen) atoms. The maximum Gasteiger partial charge on any atom is 0.0312 e. The Morgan fingerprint density at radius 2 is 2.18 bits per heavy atom. The Balaban J connectivity index is 1.90. The molecule has 1 aliphatic rings. The minimum Gasteiger partial charge on any atom is -0.314 e. The summed E-state index contributed by atoms with van der Waals surface area (Å²) in [5.41, 5.74) is 2.77. The number of hydrogen-bond acceptors (Lipinski definition) is 3. The molecule has 0 spiro atoms. The van der Waals surface area contributed by atoms with Crippen molar-refractivity contribution in [3.8, 4) is 0 Å². The first-order chi connectivity index (χ1) is 8.16. The van der Waals surface area contributed by atoms with Crippen molar-refractivity contribution in [3.05, 3.63) is 29.3 Å². The molecule has 1 aromatic carbocycles. The highest BCUT2D eigenvalue weighted by molar-refractivity contribution is 7.99. The first kappa shape index (κ1) is 12.9. The maximum atomic E-state index is 3.47. The molecular formula is C14H22N2S. The Bertz CT molecular complexity index is 378. The summed E-state index contributed by atoms with van der Waals surface area (Å²) in [4.78, 5) is 3.86. The van der Waals surface area contributed by atoms with Crippen LogP contribution in [0.2, 0.25) is 0 Å². The molecule has 1 saturated heterocycles. The standard InChI is InChI=1S/C14H22N2S/c1-11-4-5-14(8-12(11)2)17-10-13-9-15-6-7-16(13)3/h4-5,8,13,15H,6-7,9-10H2,1-3H3. The maximum absolute atomic E-state index is 3.47. The number of nitrogens with one attached hydrogen (secondary N) is 1. The van der Waals surface area contributed by atoms with Gasteiger partial charge in [0.15, 0.2) is 0 Å². The highest BCUT2D eigenvalue weighted by Gasteiger charge is 2.18. The zero-order valence-corrected chi connectivity index (χ0v) is 11.8. The van der Waals surface area contributed by atoms with Gasteiger partial charge in [-0.15, -0.1) is 11.8 Å². The van der Waals surface area contributed by atoms with Crippen molar-refractivity contribution < 1.29 is 0 Å². The Morgan fingerprint density at radius 3 is 2.88 bits per heavy atom. The fraction of sp³-hybridized carbons (Fsp3) is 0.571. The van der Waals surface area contributed by atoms with Gasteiger partial charge in [-0.05, 0) is 44.2 Å². The molecular weight excluding hydrogens is 228 g/mol. The lowest BCUT2D eigenvalue weighted by atomic mass is 10.1. The van der Waals surface area contributed by atoms with E-state index in [4.69, 9.17) is 0 Å². The molecule has 0 amide bonds. The number of likely N-dealkylation sites (N-methyl/N-ethyl adjacent to an activating group) is 1. The van der Waals surface area contributed by atoms with Crippen molar-refractivity contribution in [2.45, 2.75) is 24.8 Å². The second-order valence-electron chi connectivity index (χ2n) is 4.90. The summed E-state index contributed by atoms with van der Waals surface area (Å²) in [5.74, 6) is 1.17. The van der Waals surface area contributed by atoms with Gasteiger partial charge in [-0.2, -0.15) is 0 Å². The first-order valence-electron chi connectivity index (χ1n) is 6.28. The van der Waals surface area contributed by atoms with Crippen LogP contribution in [-0.4, -0.2) is 43.4 Å². The second-order valence-corrected chi connectivity index (χ2v) is 5.99. The lowest BCUT2D eigenvalue weighted by molar-refractivity contribution is 0.218. The van der Waals surface area contributed by atoms with Crippen LogP contribution in [0.15, 0.2) is 23.1 Å². The van der Waals surface area contributed by atoms with Crippen LogP contribution >= 0.6 is 11.8 Å². The monoisotopic (exact) mass is 250 g/mol. The van der Waals surface area contributed by atoms with Gasteiger partial charge in [-0.25, -0.2) is 0 Å². The van der Waals surface area contributed by atoms with Crippen LogP contribution in [0.4, 0.5) is 0 Å². The van der Waals surface area contributed by atoms with Crippen molar-refractivity contribution in [1.29, 1.82) is 0 Å². The third-order valence-electron chi connectivity index (χ3n) is 3.57. The van der Waals surface area contributed by atoms with E-state index in [0.29, 0.717) is 6.04 Å². The smallest absolute Gasteiger partial charge is 0.0312 e. The summed E-state index contributed by atoms with van der Waals surface area (Å²) in [5, 5.41) is 3.47. The Labute approximate surface area is 109 Å². The zero-order chi connectivity index (χ0) is 12.3. The SMILES string of the molecule is Cc1ccc(SCC2CNCCN2C)cc1C. The fourth-order valence-corrected chi connectivity index (χ4v) is 3.23. The lowest BCUT2D eigenvalue weighted by Crippen LogP contribution is -2.50. The Kier molecular flexibility index (Phi) is 4.48. The number of benzene rings is 1. The number of piperazine rings is 1. The largest absolute Gasteiger partial charge is 0.314 e. The summed E-state index contributed by atoms with van der Waals surface area (Å²) in [7, 11) is 2.23. The van der Waals surface area contributed by atoms with E-state index in [1.165, 1.54) is 21.8 Å². The Morgan fingerprint density at radius 1 is 1.35 bits per heavy atom. The van der Waals surface area contributed by atoms with Crippen LogP contribution in [0, 0.1) is 13.8 Å². The number of hydrogen-bond donors (Lipinski definition) is 1. The average molecular weight is 250 g/mol. The van der Waals surface area contributed by atoms with E-state index in [2.05, 4.69) is 49.3 Å². The minimum atomic E-state index is 0.662. The molecule has 1 atom stereocenters. The van der Waals surface area contributed by atoms with Crippen molar-refractivity contribution in [2.75, 3.05) is 32.4 Å². The predicted octanol–water partition coefficient (Wildman–Crippen LogP) is 2.30. The zero-order valence-electron chi connectivity index (χ0n) is 11.0. The molecule has 0 radical (unpaired) electrons. The summed E-state index contributed by atoms with van der Waals surface area (Å²) < 4.78 is 0. The van der Waals surface area contributed by atoms with Gasteiger partial charge in [0, 0.05) is 36.3 Å². The van der Waals surface area contributed by atoms with E-state index in [-0.39, 0.29) is 0 Å². The molecule has 2 nitrogen and oxygen atoms in total. The average Bonchev–Trinajstić information content (AvgIpc) is 2.32. The quantitative estimate of drug-likeness (QED) is 0.829. The van der Waals surface area contributed by atoms with Gasteiger partial charge in [-0.3, -0.25) is 0 Å². The minimum absolute atomic E-state index is 0.662. The fourth-order valence-electron chi connectivity index (χ4n) is 2.04. The van der Waals surface area contributed by atoms with E-state index in [9.17, 15) is 0 Å². The molecule has 3 heteroatoms. The van der Waals surface area contributed by atoms with Crippen molar-refractivity contribution in [2.24, 2.45) is 0 Å². The topological polar surface area (TPSA) is 15.3 Å². The highest BCUT2D eigenvalue weighted by Crippen LogP contribution is 2.22. The summed E-state index contributed by atoms with van der Waals surface area (Å²) in [6.07, 6.45) is 0. The number of aryl methyl sites for hydroxylation is 2. The van der Waals surface area contributed by atoms with E-state index < -0.39 is 0 Å². The van der Waals surface area contributed by atoms with Crippen LogP contribution in [0.3, 0.4) is 0 Å². The van der Waals surface area contributed by atoms with E-state index in [1.807, 2.05) is 11.8 Å². The number of rotatable bonds is 3. The number of nitrogens with zero attached hydrogens (tertiary/aromatic N) is 1. The van der Waals surface area contributed by atoms with E-state index >= 15 is 0 Å². The summed E-state index contributed by atoms with van der Waals surface area (Å²) in [6.45, 7) is 7.77. The second kappa shape index (κ2) is 5.89. The third-order valence-corrected chi connectivity index (χ3v) is 4.70. The number of thioether (sulfide) groups is 1. The van der Waals surface area contributed by atoms with Crippen LogP contribution in [-0.2, 0) is 0 Å². The molecule has 1 aromatic rings. The molecule has 94 valence electrons. The van der Waals surface area contributed by atoms with Gasteiger partial charge in [-0.1, -0.05) is 6.07 Å². The molecule has 1 fully saturated rings. The molecule has 0 bridgehead atoms. The van der Waals surface area contributed by atoms with Crippen LogP contribution in [0.1, 0.15) is 11.1 Å². The normalized spacial score (nSPS) is 21.7. The highest BCUT2D eigenvalue weighted by atomic mass is 32.2. The molecule has 2 rings (SSSR count). The van der Waals surface area contributed by atoms with Crippen molar-refractivity contribution >= 4 is 11.8 Å². The third kappa shape index (κ3) is 3.47. The van der Waals surface area contributed by atoms with Crippen LogP contribution in [0.5, 0.6) is 0 Å². The van der Waals surface area contributed by atoms with Gasteiger partial charge in [0.25, 0.3) is 0 Å². The van der Waals surface area contributed by atoms with Gasteiger partial charge >= 0.3 is 0 Å². The Hall–Kier alpha value is -0.510. The predicted molar refractivity (Wildman–Crippen MR) is 75.9 cm³/mol.